The van der Waals surface area contributed by atoms with Crippen molar-refractivity contribution in [2.24, 2.45) is 4.99 Å². The summed E-state index contributed by atoms with van der Waals surface area (Å²) in [5.41, 5.74) is -3.02. The van der Waals surface area contributed by atoms with Crippen LogP contribution in [0.5, 0.6) is 0 Å². The maximum atomic E-state index is 14.4. The number of aliphatic imine (C=N–C) groups is 1. The van der Waals surface area contributed by atoms with Gasteiger partial charge in [-0.2, -0.15) is 0 Å². The first-order valence-corrected chi connectivity index (χ1v) is 9.42. The molecule has 0 N–H and O–H groups in total. The predicted molar refractivity (Wildman–Crippen MR) is 108 cm³/mol. The monoisotopic (exact) mass is 509 g/mol. The van der Waals surface area contributed by atoms with E-state index in [4.69, 9.17) is 0 Å². The summed E-state index contributed by atoms with van der Waals surface area (Å²) in [5.74, 6) is -24.6. The van der Waals surface area contributed by atoms with Crippen LogP contribution in [-0.2, 0) is 0 Å². The largest absolute Gasteiger partial charge is 0.378 e. The zero-order chi connectivity index (χ0) is 26.4. The molecular formula is C22H13F10N3. The summed E-state index contributed by atoms with van der Waals surface area (Å²) in [6.45, 7) is 0. The highest BCUT2D eigenvalue weighted by Gasteiger charge is 2.31. The highest BCUT2D eigenvalue weighted by molar-refractivity contribution is 6.11. The Kier molecular flexibility index (Phi) is 6.99. The lowest BCUT2D eigenvalue weighted by Gasteiger charge is -2.24. The smallest absolute Gasteiger partial charge is 0.200 e. The maximum Gasteiger partial charge on any atom is 0.200 e. The number of hydrogen-bond donors (Lipinski definition) is 0. The molecule has 3 rings (SSSR count). The molecule has 0 saturated heterocycles. The molecule has 0 fully saturated rings. The van der Waals surface area contributed by atoms with Crippen molar-refractivity contribution >= 4 is 22.9 Å². The van der Waals surface area contributed by atoms with E-state index in [2.05, 4.69) is 4.99 Å². The van der Waals surface area contributed by atoms with E-state index in [0.717, 1.165) is 7.05 Å². The second kappa shape index (κ2) is 9.47. The number of nitrogens with zero attached hydrogens (tertiary/aromatic N) is 3. The van der Waals surface area contributed by atoms with Crippen LogP contribution >= 0.6 is 0 Å². The lowest BCUT2D eigenvalue weighted by molar-refractivity contribution is 0.380. The van der Waals surface area contributed by atoms with Crippen molar-refractivity contribution < 1.29 is 43.9 Å². The van der Waals surface area contributed by atoms with Gasteiger partial charge in [-0.05, 0) is 24.3 Å². The fourth-order valence-electron chi connectivity index (χ4n) is 3.03. The van der Waals surface area contributed by atoms with Crippen molar-refractivity contribution in [1.29, 1.82) is 0 Å². The molecule has 186 valence electrons. The first-order chi connectivity index (χ1) is 16.3. The molecule has 0 unspecified atom stereocenters. The van der Waals surface area contributed by atoms with E-state index < -0.39 is 75.4 Å². The molecule has 0 aliphatic heterocycles. The van der Waals surface area contributed by atoms with Gasteiger partial charge in [0.1, 0.15) is 17.2 Å². The van der Waals surface area contributed by atoms with Crippen LogP contribution in [0.3, 0.4) is 0 Å². The molecule has 0 amide bonds. The molecule has 0 heterocycles. The van der Waals surface area contributed by atoms with Crippen molar-refractivity contribution in [1.82, 2.24) is 0 Å². The van der Waals surface area contributed by atoms with Gasteiger partial charge in [0.05, 0.1) is 0 Å². The van der Waals surface area contributed by atoms with E-state index >= 15 is 0 Å². The van der Waals surface area contributed by atoms with Crippen LogP contribution in [-0.4, -0.2) is 27.0 Å². The number of anilines is 2. The zero-order valence-corrected chi connectivity index (χ0v) is 17.9. The third-order valence-electron chi connectivity index (χ3n) is 4.89. The molecule has 13 heteroatoms. The average molecular weight is 509 g/mol. The molecule has 0 aliphatic carbocycles. The van der Waals surface area contributed by atoms with Crippen molar-refractivity contribution in [2.45, 2.75) is 0 Å². The second-order valence-electron chi connectivity index (χ2n) is 7.27. The zero-order valence-electron chi connectivity index (χ0n) is 17.9. The quantitative estimate of drug-likeness (QED) is 0.134. The molecule has 3 nitrogen and oxygen atoms in total. The molecule has 0 aromatic heterocycles. The Balaban J connectivity index is 2.36. The summed E-state index contributed by atoms with van der Waals surface area (Å²) in [7, 11) is 4.00. The van der Waals surface area contributed by atoms with Gasteiger partial charge in [-0.15, -0.1) is 0 Å². The highest BCUT2D eigenvalue weighted by Crippen LogP contribution is 2.34. The molecule has 35 heavy (non-hydrogen) atoms. The van der Waals surface area contributed by atoms with Gasteiger partial charge >= 0.3 is 0 Å². The number of rotatable bonds is 4. The third-order valence-corrected chi connectivity index (χ3v) is 4.89. The van der Waals surface area contributed by atoms with Crippen molar-refractivity contribution in [2.75, 3.05) is 30.9 Å². The number of halogens is 10. The van der Waals surface area contributed by atoms with Crippen LogP contribution in [0.25, 0.3) is 0 Å². The van der Waals surface area contributed by atoms with Gasteiger partial charge < -0.3 is 9.80 Å². The van der Waals surface area contributed by atoms with Gasteiger partial charge in [-0.3, -0.25) is 0 Å². The first kappa shape index (κ1) is 25.8. The standard InChI is InChI=1S/C22H13F10N3/c1-34(2)9-6-4-8(5-7-9)22(33-20-16(29)12(25)10(23)13(26)17(20)30)35(3)21-18(31)14(27)11(24)15(28)19(21)32/h4-7H,1-3H3. The summed E-state index contributed by atoms with van der Waals surface area (Å²) in [6.07, 6.45) is 0. The second-order valence-corrected chi connectivity index (χ2v) is 7.27. The van der Waals surface area contributed by atoms with Gasteiger partial charge in [0.2, 0.25) is 11.6 Å². The average Bonchev–Trinajstić information content (AvgIpc) is 2.84. The third kappa shape index (κ3) is 4.37. The minimum absolute atomic E-state index is 0.231. The summed E-state index contributed by atoms with van der Waals surface area (Å²) in [6, 6.07) is 5.14. The molecule has 0 atom stereocenters. The van der Waals surface area contributed by atoms with Crippen LogP contribution in [0.4, 0.5) is 61.0 Å². The fourth-order valence-corrected chi connectivity index (χ4v) is 3.03. The highest BCUT2D eigenvalue weighted by atomic mass is 19.2. The van der Waals surface area contributed by atoms with E-state index in [1.165, 1.54) is 24.3 Å². The van der Waals surface area contributed by atoms with Gasteiger partial charge in [-0.1, -0.05) is 0 Å². The summed E-state index contributed by atoms with van der Waals surface area (Å²) >= 11 is 0. The van der Waals surface area contributed by atoms with E-state index in [1.54, 1.807) is 19.0 Å². The number of amidine groups is 1. The van der Waals surface area contributed by atoms with Gasteiger partial charge in [0, 0.05) is 32.4 Å². The Morgan fingerprint density at radius 3 is 1.31 bits per heavy atom. The van der Waals surface area contributed by atoms with Gasteiger partial charge in [0.25, 0.3) is 0 Å². The molecule has 0 bridgehead atoms. The SMILES string of the molecule is CN(C)c1ccc(C(=Nc2c(F)c(F)c(F)c(F)c2F)N(C)c2c(F)c(F)c(F)c(F)c2F)cc1. The van der Waals surface area contributed by atoms with Crippen molar-refractivity contribution in [3.63, 3.8) is 0 Å². The molecule has 0 aliphatic rings. The Bertz CT molecular complexity index is 1280. The Hall–Kier alpha value is -3.77. The Morgan fingerprint density at radius 2 is 0.914 bits per heavy atom. The number of benzene rings is 3. The lowest BCUT2D eigenvalue weighted by atomic mass is 10.1. The minimum atomic E-state index is -2.48. The normalized spacial score (nSPS) is 11.7. The van der Waals surface area contributed by atoms with E-state index in [-0.39, 0.29) is 10.5 Å². The van der Waals surface area contributed by atoms with Crippen LogP contribution in [0.2, 0.25) is 0 Å². The van der Waals surface area contributed by atoms with Crippen molar-refractivity contribution in [3.05, 3.63) is 88.0 Å². The Labute approximate surface area is 191 Å². The van der Waals surface area contributed by atoms with Crippen LogP contribution in [0.15, 0.2) is 29.3 Å². The minimum Gasteiger partial charge on any atom is -0.378 e. The summed E-state index contributed by atoms with van der Waals surface area (Å²) in [5, 5.41) is 0. The summed E-state index contributed by atoms with van der Waals surface area (Å²) in [4.78, 5) is 5.21. The lowest BCUT2D eigenvalue weighted by Crippen LogP contribution is -2.30. The predicted octanol–water partition coefficient (Wildman–Crippen LogP) is 6.36. The van der Waals surface area contributed by atoms with E-state index in [1.807, 2.05) is 0 Å². The molecule has 3 aromatic rings. The van der Waals surface area contributed by atoms with E-state index in [9.17, 15) is 43.9 Å². The van der Waals surface area contributed by atoms with Crippen LogP contribution < -0.4 is 9.80 Å². The summed E-state index contributed by atoms with van der Waals surface area (Å²) < 4.78 is 139. The molecule has 3 aromatic carbocycles. The van der Waals surface area contributed by atoms with Gasteiger partial charge in [0.15, 0.2) is 46.5 Å². The molecule has 0 spiro atoms. The van der Waals surface area contributed by atoms with Crippen LogP contribution in [0.1, 0.15) is 5.56 Å². The maximum absolute atomic E-state index is 14.4. The molecule has 0 radical (unpaired) electrons. The topological polar surface area (TPSA) is 18.8 Å². The fraction of sp³-hybridized carbons (Fsp3) is 0.136. The van der Waals surface area contributed by atoms with Crippen molar-refractivity contribution in [3.8, 4) is 0 Å². The van der Waals surface area contributed by atoms with Crippen LogP contribution in [0, 0.1) is 58.2 Å². The number of hydrogen-bond acceptors (Lipinski definition) is 2. The molecule has 0 saturated carbocycles. The van der Waals surface area contributed by atoms with E-state index in [0.29, 0.717) is 5.69 Å². The molecular weight excluding hydrogens is 496 g/mol. The van der Waals surface area contributed by atoms with Gasteiger partial charge in [-0.25, -0.2) is 48.9 Å². The Morgan fingerprint density at radius 1 is 0.543 bits per heavy atom. The first-order valence-electron chi connectivity index (χ1n) is 9.42.